The second-order valence-corrected chi connectivity index (χ2v) is 5.95. The van der Waals surface area contributed by atoms with Gasteiger partial charge in [-0.25, -0.2) is 0 Å². The van der Waals surface area contributed by atoms with Gasteiger partial charge >= 0.3 is 0 Å². The fraction of sp³-hybridized carbons (Fsp3) is 0.889. The van der Waals surface area contributed by atoms with E-state index in [0.29, 0.717) is 19.8 Å². The quantitative estimate of drug-likeness (QED) is 0.409. The lowest BCUT2D eigenvalue weighted by atomic mass is 10.1. The second kappa shape index (κ2) is 15.5. The van der Waals surface area contributed by atoms with Crippen LogP contribution in [0.25, 0.3) is 0 Å². The highest BCUT2D eigenvalue weighted by Crippen LogP contribution is 2.13. The summed E-state index contributed by atoms with van der Waals surface area (Å²) in [5.41, 5.74) is 5.31. The molecule has 0 aliphatic rings. The maximum atomic E-state index is 12.5. The van der Waals surface area contributed by atoms with E-state index in [-0.39, 0.29) is 18.8 Å². The molecule has 0 aromatic rings. The Labute approximate surface area is 146 Å². The van der Waals surface area contributed by atoms with Crippen molar-refractivity contribution in [3.8, 4) is 0 Å². The van der Waals surface area contributed by atoms with E-state index in [4.69, 9.17) is 19.9 Å². The number of carbonyl (C=O) groups excluding carboxylic acids is 2. The van der Waals surface area contributed by atoms with Crippen molar-refractivity contribution < 1.29 is 23.8 Å². The number of amides is 1. The average molecular weight is 345 g/mol. The number of rotatable bonds is 17. The highest BCUT2D eigenvalue weighted by molar-refractivity contribution is 5.86. The van der Waals surface area contributed by atoms with Crippen LogP contribution < -0.4 is 5.73 Å². The first-order valence-corrected chi connectivity index (χ1v) is 9.18. The van der Waals surface area contributed by atoms with Crippen LogP contribution >= 0.6 is 0 Å². The Morgan fingerprint density at radius 3 is 1.96 bits per heavy atom. The second-order valence-electron chi connectivity index (χ2n) is 5.95. The highest BCUT2D eigenvalue weighted by atomic mass is 16.5. The summed E-state index contributed by atoms with van der Waals surface area (Å²) in [4.78, 5) is 23.8. The van der Waals surface area contributed by atoms with Crippen LogP contribution in [0, 0.1) is 0 Å². The van der Waals surface area contributed by atoms with Gasteiger partial charge in [-0.05, 0) is 19.3 Å². The van der Waals surface area contributed by atoms with Crippen LogP contribution in [-0.2, 0) is 23.8 Å². The van der Waals surface area contributed by atoms with Gasteiger partial charge in [0.1, 0.15) is 12.7 Å². The lowest BCUT2D eigenvalue weighted by Gasteiger charge is -2.26. The molecule has 142 valence electrons. The molecule has 0 aliphatic heterocycles. The van der Waals surface area contributed by atoms with Crippen LogP contribution in [-0.4, -0.2) is 50.3 Å². The van der Waals surface area contributed by atoms with Crippen molar-refractivity contribution in [3.63, 3.8) is 0 Å². The number of hydrogen-bond acceptors (Lipinski definition) is 5. The maximum Gasteiger partial charge on any atom is 0.220 e. The minimum absolute atomic E-state index is 0.0246. The predicted molar refractivity (Wildman–Crippen MR) is 93.8 cm³/mol. The van der Waals surface area contributed by atoms with Crippen molar-refractivity contribution in [1.82, 2.24) is 0 Å². The van der Waals surface area contributed by atoms with E-state index in [1.807, 2.05) is 6.92 Å². The van der Waals surface area contributed by atoms with E-state index in [9.17, 15) is 9.59 Å². The Morgan fingerprint density at radius 1 is 0.875 bits per heavy atom. The average Bonchev–Trinajstić information content (AvgIpc) is 2.54. The van der Waals surface area contributed by atoms with E-state index >= 15 is 0 Å². The van der Waals surface area contributed by atoms with Crippen molar-refractivity contribution >= 4 is 11.7 Å². The Balaban J connectivity index is 4.77. The third-order valence-electron chi connectivity index (χ3n) is 3.57. The van der Waals surface area contributed by atoms with E-state index < -0.39 is 18.1 Å². The monoisotopic (exact) mass is 345 g/mol. The summed E-state index contributed by atoms with van der Waals surface area (Å²) in [6.07, 6.45) is 4.08. The Bertz CT molecular complexity index is 335. The Morgan fingerprint density at radius 2 is 1.42 bits per heavy atom. The number of hydrogen-bond donors (Lipinski definition) is 1. The van der Waals surface area contributed by atoms with Gasteiger partial charge in [0, 0.05) is 19.8 Å². The van der Waals surface area contributed by atoms with E-state index in [1.54, 1.807) is 0 Å². The molecule has 2 atom stereocenters. The summed E-state index contributed by atoms with van der Waals surface area (Å²) >= 11 is 0. The SMILES string of the molecule is CCCCOCC(=O)[C@@H](OCCCC)C(CC(N)=O)OCCCC. The van der Waals surface area contributed by atoms with Crippen LogP contribution in [0.4, 0.5) is 0 Å². The minimum atomic E-state index is -0.803. The number of Topliss-reactive ketones (excluding diaryl/α,β-unsaturated/α-hetero) is 1. The number of ketones is 1. The molecule has 0 spiro atoms. The summed E-state index contributed by atoms with van der Waals surface area (Å²) < 4.78 is 16.9. The summed E-state index contributed by atoms with van der Waals surface area (Å²) in [5, 5.41) is 0. The molecular weight excluding hydrogens is 310 g/mol. The van der Waals surface area contributed by atoms with Gasteiger partial charge < -0.3 is 19.9 Å². The molecule has 0 radical (unpaired) electrons. The molecule has 6 nitrogen and oxygen atoms in total. The van der Waals surface area contributed by atoms with Gasteiger partial charge in [-0.3, -0.25) is 9.59 Å². The molecule has 24 heavy (non-hydrogen) atoms. The molecule has 0 heterocycles. The zero-order valence-corrected chi connectivity index (χ0v) is 15.6. The van der Waals surface area contributed by atoms with Crippen LogP contribution in [0.2, 0.25) is 0 Å². The van der Waals surface area contributed by atoms with Crippen molar-refractivity contribution in [3.05, 3.63) is 0 Å². The van der Waals surface area contributed by atoms with Gasteiger partial charge in [0.2, 0.25) is 5.91 Å². The largest absolute Gasteiger partial charge is 0.374 e. The molecule has 0 aromatic heterocycles. The van der Waals surface area contributed by atoms with Crippen LogP contribution in [0.5, 0.6) is 0 Å². The molecule has 0 saturated heterocycles. The number of unbranched alkanes of at least 4 members (excludes halogenated alkanes) is 3. The summed E-state index contributed by atoms with van der Waals surface area (Å²) in [5.74, 6) is -0.690. The van der Waals surface area contributed by atoms with Gasteiger partial charge in [-0.2, -0.15) is 0 Å². The first-order valence-electron chi connectivity index (χ1n) is 9.18. The number of carbonyl (C=O) groups is 2. The van der Waals surface area contributed by atoms with Gasteiger partial charge in [0.05, 0.1) is 12.5 Å². The summed E-state index contributed by atoms with van der Waals surface area (Å²) in [7, 11) is 0. The molecular formula is C18H35NO5. The lowest BCUT2D eigenvalue weighted by Crippen LogP contribution is -2.43. The number of nitrogens with two attached hydrogens (primary N) is 1. The fourth-order valence-electron chi connectivity index (χ4n) is 2.09. The van der Waals surface area contributed by atoms with Crippen LogP contribution in [0.3, 0.4) is 0 Å². The molecule has 0 bridgehead atoms. The van der Waals surface area contributed by atoms with Crippen LogP contribution in [0.15, 0.2) is 0 Å². The molecule has 0 fully saturated rings. The van der Waals surface area contributed by atoms with E-state index in [2.05, 4.69) is 13.8 Å². The molecule has 6 heteroatoms. The Kier molecular flexibility index (Phi) is 14.9. The molecule has 1 amide bonds. The molecule has 0 saturated carbocycles. The van der Waals surface area contributed by atoms with Crippen LogP contribution in [0.1, 0.15) is 65.7 Å². The highest BCUT2D eigenvalue weighted by Gasteiger charge is 2.31. The van der Waals surface area contributed by atoms with Crippen molar-refractivity contribution in [2.24, 2.45) is 5.73 Å². The lowest BCUT2D eigenvalue weighted by molar-refractivity contribution is -0.149. The minimum Gasteiger partial charge on any atom is -0.374 e. The zero-order valence-electron chi connectivity index (χ0n) is 15.6. The van der Waals surface area contributed by atoms with Gasteiger partial charge in [0.15, 0.2) is 5.78 Å². The van der Waals surface area contributed by atoms with E-state index in [0.717, 1.165) is 38.5 Å². The molecule has 1 unspecified atom stereocenters. The molecule has 0 aliphatic carbocycles. The van der Waals surface area contributed by atoms with E-state index in [1.165, 1.54) is 0 Å². The zero-order chi connectivity index (χ0) is 18.2. The predicted octanol–water partition coefficient (Wildman–Crippen LogP) is 2.62. The van der Waals surface area contributed by atoms with Gasteiger partial charge in [-0.1, -0.05) is 40.0 Å². The molecule has 0 rings (SSSR count). The summed E-state index contributed by atoms with van der Waals surface area (Å²) in [6.45, 7) is 7.61. The standard InChI is InChI=1S/C18H35NO5/c1-4-7-10-22-14-15(20)18(24-12-9-6-3)16(13-17(19)21)23-11-8-5-2/h16,18H,4-14H2,1-3H3,(H2,19,21)/t16?,18-/m1/s1. The van der Waals surface area contributed by atoms with Gasteiger partial charge in [-0.15, -0.1) is 0 Å². The Hall–Kier alpha value is -0.980. The third kappa shape index (κ3) is 11.5. The van der Waals surface area contributed by atoms with Crippen molar-refractivity contribution in [1.29, 1.82) is 0 Å². The van der Waals surface area contributed by atoms with Crippen molar-refractivity contribution in [2.45, 2.75) is 77.9 Å². The normalized spacial score (nSPS) is 13.6. The summed E-state index contributed by atoms with van der Waals surface area (Å²) in [6, 6.07) is 0. The topological polar surface area (TPSA) is 87.9 Å². The number of ether oxygens (including phenoxy) is 3. The van der Waals surface area contributed by atoms with Crippen molar-refractivity contribution in [2.75, 3.05) is 26.4 Å². The fourth-order valence-corrected chi connectivity index (χ4v) is 2.09. The first kappa shape index (κ1) is 23.0. The smallest absolute Gasteiger partial charge is 0.220 e. The molecule has 0 aromatic carbocycles. The molecule has 2 N–H and O–H groups in total. The maximum absolute atomic E-state index is 12.5. The third-order valence-corrected chi connectivity index (χ3v) is 3.57. The number of primary amides is 1. The van der Waals surface area contributed by atoms with Gasteiger partial charge in [0.25, 0.3) is 0 Å². The first-order chi connectivity index (χ1) is 11.6.